The first-order chi connectivity index (χ1) is 1.73. The monoisotopic (exact) mass is 114 g/mol. The molecule has 0 aliphatic heterocycles. The molecule has 0 heterocycles. The zero-order chi connectivity index (χ0) is 3.58. The van der Waals surface area contributed by atoms with Gasteiger partial charge in [-0.05, 0) is 0 Å². The molecule has 0 radical (unpaired) electrons. The summed E-state index contributed by atoms with van der Waals surface area (Å²) >= 11 is -3.79. The van der Waals surface area contributed by atoms with Crippen molar-refractivity contribution >= 4 is 0 Å². The minimum atomic E-state index is -3.79. The standard InChI is InChI=1S/Cr.2Li.3O/q;2*+1;;2*-1. The van der Waals surface area contributed by atoms with E-state index in [2.05, 4.69) is 0 Å². The van der Waals surface area contributed by atoms with Crippen LogP contribution in [0.15, 0.2) is 0 Å². The molecule has 0 atom stereocenters. The van der Waals surface area contributed by atoms with Crippen molar-refractivity contribution in [1.29, 1.82) is 0 Å². The molecule has 0 N–H and O–H groups in total. The van der Waals surface area contributed by atoms with Crippen LogP contribution in [0.3, 0.4) is 0 Å². The molecule has 6 heteroatoms. The van der Waals surface area contributed by atoms with Crippen molar-refractivity contribution in [2.24, 2.45) is 0 Å². The number of hydrogen-bond donors (Lipinski definition) is 0. The second kappa shape index (κ2) is 9.67. The molecule has 0 saturated heterocycles. The van der Waals surface area contributed by atoms with Crippen molar-refractivity contribution in [3.63, 3.8) is 0 Å². The van der Waals surface area contributed by atoms with Crippen LogP contribution in [0.4, 0.5) is 0 Å². The first kappa shape index (κ1) is 15.7. The SMILES string of the molecule is [Li+].[Li+].[O]=[Cr]([O-])[O-]. The molecular weight excluding hydrogens is 114 g/mol. The molecule has 26 valence electrons. The summed E-state index contributed by atoms with van der Waals surface area (Å²) in [5.74, 6) is 0. The van der Waals surface area contributed by atoms with Crippen molar-refractivity contribution < 1.29 is 64.6 Å². The molecule has 0 aliphatic rings. The Bertz CT molecular complexity index is 31.8. The fourth-order valence-electron chi connectivity index (χ4n) is 0. The van der Waals surface area contributed by atoms with Gasteiger partial charge in [0.1, 0.15) is 0 Å². The first-order valence-electron chi connectivity index (χ1n) is 0.500. The Morgan fingerprint density at radius 2 is 1.17 bits per heavy atom. The summed E-state index contributed by atoms with van der Waals surface area (Å²) < 4.78 is 25.6. The number of hydrogen-bond acceptors (Lipinski definition) is 3. The van der Waals surface area contributed by atoms with Gasteiger partial charge in [0.05, 0.1) is 0 Å². The van der Waals surface area contributed by atoms with Crippen LogP contribution >= 0.6 is 0 Å². The average molecular weight is 114 g/mol. The zero-order valence-corrected chi connectivity index (χ0v) is 4.91. The van der Waals surface area contributed by atoms with Crippen LogP contribution in [-0.4, -0.2) is 0 Å². The summed E-state index contributed by atoms with van der Waals surface area (Å²) in [4.78, 5) is 0. The maximum absolute atomic E-state index is 8.54. The van der Waals surface area contributed by atoms with Crippen molar-refractivity contribution in [3.8, 4) is 0 Å². The molecule has 0 aromatic rings. The predicted octanol–water partition coefficient (Wildman–Crippen LogP) is -8.49. The van der Waals surface area contributed by atoms with Gasteiger partial charge in [0.15, 0.2) is 0 Å². The Balaban J connectivity index is -0.0000000450. The van der Waals surface area contributed by atoms with Crippen LogP contribution in [0.2, 0.25) is 0 Å². The van der Waals surface area contributed by atoms with Gasteiger partial charge in [0, 0.05) is 0 Å². The van der Waals surface area contributed by atoms with Gasteiger partial charge in [0.2, 0.25) is 0 Å². The van der Waals surface area contributed by atoms with Gasteiger partial charge in [-0.2, -0.15) is 0 Å². The number of rotatable bonds is 0. The van der Waals surface area contributed by atoms with E-state index >= 15 is 0 Å². The molecular formula is CrLi2O3. The van der Waals surface area contributed by atoms with Gasteiger partial charge >= 0.3 is 64.6 Å². The molecule has 0 unspecified atom stereocenters. The zero-order valence-electron chi connectivity index (χ0n) is 3.63. The molecule has 6 heavy (non-hydrogen) atoms. The third-order valence-electron chi connectivity index (χ3n) is 0. The fourth-order valence-corrected chi connectivity index (χ4v) is 0. The summed E-state index contributed by atoms with van der Waals surface area (Å²) in [5, 5.41) is 0. The van der Waals surface area contributed by atoms with Crippen molar-refractivity contribution in [3.05, 3.63) is 0 Å². The Kier molecular flexibility index (Phi) is 25.2. The minimum absolute atomic E-state index is 0. The summed E-state index contributed by atoms with van der Waals surface area (Å²) in [6.45, 7) is 0. The van der Waals surface area contributed by atoms with E-state index in [1.165, 1.54) is 0 Å². The Morgan fingerprint density at radius 1 is 1.17 bits per heavy atom. The molecule has 0 bridgehead atoms. The average Bonchev–Trinajstić information content (AvgIpc) is 0.811. The van der Waals surface area contributed by atoms with Crippen LogP contribution in [0.25, 0.3) is 0 Å². The molecule has 0 aromatic heterocycles. The van der Waals surface area contributed by atoms with E-state index in [1.807, 2.05) is 0 Å². The molecule has 0 aromatic carbocycles. The van der Waals surface area contributed by atoms with E-state index in [0.717, 1.165) is 0 Å². The fraction of sp³-hybridized carbons (Fsp3) is 0. The summed E-state index contributed by atoms with van der Waals surface area (Å²) in [6, 6.07) is 0. The summed E-state index contributed by atoms with van der Waals surface area (Å²) in [7, 11) is 0. The molecule has 0 saturated carbocycles. The third kappa shape index (κ3) is 51.4. The van der Waals surface area contributed by atoms with E-state index in [-0.39, 0.29) is 37.7 Å². The van der Waals surface area contributed by atoms with Gasteiger partial charge in [-0.1, -0.05) is 0 Å². The quantitative estimate of drug-likeness (QED) is 0.294. The van der Waals surface area contributed by atoms with E-state index in [1.54, 1.807) is 0 Å². The second-order valence-corrected chi connectivity index (χ2v) is 0.842. The van der Waals surface area contributed by atoms with E-state index < -0.39 is 14.8 Å². The normalized spacial score (nSPS) is 5.83. The van der Waals surface area contributed by atoms with Gasteiger partial charge in [-0.3, -0.25) is 0 Å². The summed E-state index contributed by atoms with van der Waals surface area (Å²) in [5.41, 5.74) is 0. The Hall–Kier alpha value is 1.45. The van der Waals surface area contributed by atoms with Crippen LogP contribution < -0.4 is 46.0 Å². The van der Waals surface area contributed by atoms with Crippen molar-refractivity contribution in [2.45, 2.75) is 0 Å². The third-order valence-corrected chi connectivity index (χ3v) is 0. The van der Waals surface area contributed by atoms with E-state index in [9.17, 15) is 0 Å². The molecule has 0 fully saturated rings. The van der Waals surface area contributed by atoms with E-state index in [0.29, 0.717) is 0 Å². The molecule has 0 aliphatic carbocycles. The van der Waals surface area contributed by atoms with Gasteiger partial charge in [0.25, 0.3) is 0 Å². The molecule has 0 amide bonds. The van der Waals surface area contributed by atoms with Crippen LogP contribution in [-0.2, 0) is 18.6 Å². The topological polar surface area (TPSA) is 63.2 Å². The molecule has 0 spiro atoms. The van der Waals surface area contributed by atoms with Gasteiger partial charge in [-0.25, -0.2) is 0 Å². The Morgan fingerprint density at radius 3 is 1.17 bits per heavy atom. The van der Waals surface area contributed by atoms with E-state index in [4.69, 9.17) is 12.1 Å². The summed E-state index contributed by atoms with van der Waals surface area (Å²) in [6.07, 6.45) is 0. The first-order valence-corrected chi connectivity index (χ1v) is 2.06. The molecule has 3 nitrogen and oxygen atoms in total. The van der Waals surface area contributed by atoms with Crippen molar-refractivity contribution in [1.82, 2.24) is 0 Å². The van der Waals surface area contributed by atoms with Crippen LogP contribution in [0, 0.1) is 0 Å². The Labute approximate surface area is 64.4 Å². The van der Waals surface area contributed by atoms with Crippen LogP contribution in [0.5, 0.6) is 0 Å². The van der Waals surface area contributed by atoms with Gasteiger partial charge < -0.3 is 0 Å². The van der Waals surface area contributed by atoms with Gasteiger partial charge in [-0.15, -0.1) is 0 Å². The molecule has 0 rings (SSSR count). The van der Waals surface area contributed by atoms with Crippen molar-refractivity contribution in [2.75, 3.05) is 0 Å². The maximum atomic E-state index is 8.54. The van der Waals surface area contributed by atoms with Crippen LogP contribution in [0.1, 0.15) is 0 Å². The second-order valence-electron chi connectivity index (χ2n) is 0.204. The predicted molar refractivity (Wildman–Crippen MR) is 0.686 cm³/mol.